The summed E-state index contributed by atoms with van der Waals surface area (Å²) >= 11 is 0. The summed E-state index contributed by atoms with van der Waals surface area (Å²) in [4.78, 5) is 11.7. The minimum atomic E-state index is -0.183. The number of methoxy groups -OCH3 is 1. The topological polar surface area (TPSA) is 50.4 Å². The molecule has 0 saturated heterocycles. The van der Waals surface area contributed by atoms with E-state index in [0.29, 0.717) is 6.61 Å². The van der Waals surface area contributed by atoms with E-state index in [-0.39, 0.29) is 12.1 Å². The van der Waals surface area contributed by atoms with Gasteiger partial charge in [-0.05, 0) is 49.4 Å². The molecule has 1 aromatic carbocycles. The quantitative estimate of drug-likeness (QED) is 0.859. The second kappa shape index (κ2) is 5.87. The molecule has 1 atom stereocenters. The lowest BCUT2D eigenvalue weighted by atomic mass is 10.1. The first-order valence-electron chi connectivity index (χ1n) is 6.37. The van der Waals surface area contributed by atoms with Gasteiger partial charge in [-0.15, -0.1) is 0 Å². The zero-order valence-corrected chi connectivity index (χ0v) is 11.0. The van der Waals surface area contributed by atoms with E-state index >= 15 is 0 Å². The minimum absolute atomic E-state index is 0.00410. The van der Waals surface area contributed by atoms with Crippen LogP contribution in [-0.2, 0) is 17.6 Å². The van der Waals surface area contributed by atoms with Gasteiger partial charge in [0.2, 0.25) is 0 Å². The van der Waals surface area contributed by atoms with Crippen molar-refractivity contribution in [2.24, 2.45) is 0 Å². The average Bonchev–Trinajstić information content (AvgIpc) is 2.76. The summed E-state index contributed by atoms with van der Waals surface area (Å²) < 4.78 is 4.97. The number of hydrogen-bond acceptors (Lipinski definition) is 2. The van der Waals surface area contributed by atoms with E-state index in [1.54, 1.807) is 7.11 Å². The zero-order valence-electron chi connectivity index (χ0n) is 11.0. The number of carbonyl (C=O) groups excluding carboxylic acids is 1. The van der Waals surface area contributed by atoms with Crippen LogP contribution in [0.4, 0.5) is 10.5 Å². The summed E-state index contributed by atoms with van der Waals surface area (Å²) in [7, 11) is 1.62. The van der Waals surface area contributed by atoms with Gasteiger partial charge in [-0.25, -0.2) is 4.79 Å². The van der Waals surface area contributed by atoms with E-state index in [1.807, 2.05) is 13.0 Å². The number of amides is 2. The Morgan fingerprint density at radius 2 is 2.17 bits per heavy atom. The number of benzene rings is 1. The van der Waals surface area contributed by atoms with Crippen molar-refractivity contribution in [1.82, 2.24) is 5.32 Å². The molecule has 18 heavy (non-hydrogen) atoms. The SMILES string of the molecule is COC[C@@H](C)NC(=O)Nc1ccc2c(c1)CCC2. The number of ether oxygens (including phenoxy) is 1. The Morgan fingerprint density at radius 3 is 2.94 bits per heavy atom. The molecule has 0 heterocycles. The van der Waals surface area contributed by atoms with Crippen LogP contribution < -0.4 is 10.6 Å². The van der Waals surface area contributed by atoms with Gasteiger partial charge in [0.25, 0.3) is 0 Å². The standard InChI is InChI=1S/C14H20N2O2/c1-10(9-18-2)15-14(17)16-13-7-6-11-4-3-5-12(11)8-13/h6-8,10H,3-5,9H2,1-2H3,(H2,15,16,17)/t10-/m1/s1. The molecule has 98 valence electrons. The monoisotopic (exact) mass is 248 g/mol. The maximum atomic E-state index is 11.7. The van der Waals surface area contributed by atoms with Crippen LogP contribution >= 0.6 is 0 Å². The highest BCUT2D eigenvalue weighted by Gasteiger charge is 2.12. The molecule has 2 N–H and O–H groups in total. The number of nitrogens with one attached hydrogen (secondary N) is 2. The smallest absolute Gasteiger partial charge is 0.319 e. The Balaban J connectivity index is 1.91. The highest BCUT2D eigenvalue weighted by molar-refractivity contribution is 5.89. The summed E-state index contributed by atoms with van der Waals surface area (Å²) in [5, 5.41) is 5.68. The van der Waals surface area contributed by atoms with Gasteiger partial charge >= 0.3 is 6.03 Å². The van der Waals surface area contributed by atoms with Crippen molar-refractivity contribution in [2.75, 3.05) is 19.0 Å². The Bertz CT molecular complexity index is 432. The Labute approximate surface area is 108 Å². The van der Waals surface area contributed by atoms with Gasteiger partial charge in [0.05, 0.1) is 12.6 Å². The summed E-state index contributed by atoms with van der Waals surface area (Å²) in [5.74, 6) is 0. The number of aryl methyl sites for hydroxylation is 2. The average molecular weight is 248 g/mol. The molecule has 4 nitrogen and oxygen atoms in total. The fourth-order valence-corrected chi connectivity index (χ4v) is 2.33. The highest BCUT2D eigenvalue weighted by atomic mass is 16.5. The van der Waals surface area contributed by atoms with Crippen LogP contribution in [-0.4, -0.2) is 25.8 Å². The van der Waals surface area contributed by atoms with E-state index < -0.39 is 0 Å². The number of rotatable bonds is 4. The maximum absolute atomic E-state index is 11.7. The van der Waals surface area contributed by atoms with Gasteiger partial charge in [-0.3, -0.25) is 0 Å². The van der Waals surface area contributed by atoms with Crippen molar-refractivity contribution in [2.45, 2.75) is 32.2 Å². The maximum Gasteiger partial charge on any atom is 0.319 e. The minimum Gasteiger partial charge on any atom is -0.383 e. The number of anilines is 1. The van der Waals surface area contributed by atoms with Gasteiger partial charge < -0.3 is 15.4 Å². The third kappa shape index (κ3) is 3.23. The Kier molecular flexibility index (Phi) is 4.20. The Morgan fingerprint density at radius 1 is 1.39 bits per heavy atom. The third-order valence-electron chi connectivity index (χ3n) is 3.15. The normalized spacial score (nSPS) is 15.0. The van der Waals surface area contributed by atoms with E-state index in [4.69, 9.17) is 4.74 Å². The van der Waals surface area contributed by atoms with Crippen LogP contribution in [0.3, 0.4) is 0 Å². The second-order valence-electron chi connectivity index (χ2n) is 4.79. The van der Waals surface area contributed by atoms with Gasteiger partial charge in [-0.1, -0.05) is 6.07 Å². The predicted molar refractivity (Wildman–Crippen MR) is 72.0 cm³/mol. The lowest BCUT2D eigenvalue weighted by Crippen LogP contribution is -2.38. The molecule has 0 bridgehead atoms. The third-order valence-corrected chi connectivity index (χ3v) is 3.15. The van der Waals surface area contributed by atoms with Gasteiger partial charge in [0, 0.05) is 12.8 Å². The molecule has 1 aliphatic rings. The summed E-state index contributed by atoms with van der Waals surface area (Å²) in [6.45, 7) is 2.42. The summed E-state index contributed by atoms with van der Waals surface area (Å²) in [5.41, 5.74) is 3.63. The van der Waals surface area contributed by atoms with Crippen LogP contribution in [0.5, 0.6) is 0 Å². The lowest BCUT2D eigenvalue weighted by molar-refractivity contribution is 0.173. The van der Waals surface area contributed by atoms with E-state index in [0.717, 1.165) is 18.5 Å². The number of fused-ring (bicyclic) bond motifs is 1. The molecule has 0 aliphatic heterocycles. The predicted octanol–water partition coefficient (Wildman–Crippen LogP) is 2.33. The fraction of sp³-hybridized carbons (Fsp3) is 0.500. The molecule has 4 heteroatoms. The van der Waals surface area contributed by atoms with Gasteiger partial charge in [-0.2, -0.15) is 0 Å². The first-order chi connectivity index (χ1) is 8.69. The molecule has 0 fully saturated rings. The largest absolute Gasteiger partial charge is 0.383 e. The molecule has 0 saturated carbocycles. The van der Waals surface area contributed by atoms with Gasteiger partial charge in [0.1, 0.15) is 0 Å². The molecule has 1 aromatic rings. The molecule has 0 unspecified atom stereocenters. The molecule has 0 spiro atoms. The zero-order chi connectivity index (χ0) is 13.0. The van der Waals surface area contributed by atoms with Crippen molar-refractivity contribution in [3.63, 3.8) is 0 Å². The molecule has 0 radical (unpaired) electrons. The molecule has 0 aromatic heterocycles. The van der Waals surface area contributed by atoms with E-state index in [9.17, 15) is 4.79 Å². The van der Waals surface area contributed by atoms with Gasteiger partial charge in [0.15, 0.2) is 0 Å². The lowest BCUT2D eigenvalue weighted by Gasteiger charge is -2.14. The first kappa shape index (κ1) is 12.9. The Hall–Kier alpha value is -1.55. The first-order valence-corrected chi connectivity index (χ1v) is 6.37. The highest BCUT2D eigenvalue weighted by Crippen LogP contribution is 2.24. The van der Waals surface area contributed by atoms with Crippen molar-refractivity contribution >= 4 is 11.7 Å². The number of hydrogen-bond donors (Lipinski definition) is 2. The van der Waals surface area contributed by atoms with Crippen LogP contribution in [0, 0.1) is 0 Å². The molecule has 2 amide bonds. The molecular formula is C14H20N2O2. The van der Waals surface area contributed by atoms with Crippen LogP contribution in [0.15, 0.2) is 18.2 Å². The second-order valence-corrected chi connectivity index (χ2v) is 4.79. The summed E-state index contributed by atoms with van der Waals surface area (Å²) in [6.07, 6.45) is 3.50. The van der Waals surface area contributed by atoms with Crippen molar-refractivity contribution in [3.8, 4) is 0 Å². The molecule has 1 aliphatic carbocycles. The summed E-state index contributed by atoms with van der Waals surface area (Å²) in [6, 6.07) is 5.96. The van der Waals surface area contributed by atoms with Crippen molar-refractivity contribution in [1.29, 1.82) is 0 Å². The molecular weight excluding hydrogens is 228 g/mol. The van der Waals surface area contributed by atoms with E-state index in [2.05, 4.69) is 22.8 Å². The number of carbonyl (C=O) groups is 1. The van der Waals surface area contributed by atoms with Crippen LogP contribution in [0.25, 0.3) is 0 Å². The van der Waals surface area contributed by atoms with Crippen LogP contribution in [0.1, 0.15) is 24.5 Å². The fourth-order valence-electron chi connectivity index (χ4n) is 2.33. The van der Waals surface area contributed by atoms with E-state index in [1.165, 1.54) is 17.5 Å². The van der Waals surface area contributed by atoms with Crippen molar-refractivity contribution < 1.29 is 9.53 Å². The van der Waals surface area contributed by atoms with Crippen LogP contribution in [0.2, 0.25) is 0 Å². The molecule has 2 rings (SSSR count). The van der Waals surface area contributed by atoms with Crippen molar-refractivity contribution in [3.05, 3.63) is 29.3 Å². The number of urea groups is 1.